The molecule has 1 heterocycles. The van der Waals surface area contributed by atoms with Gasteiger partial charge in [0.05, 0.1) is 5.70 Å². The van der Waals surface area contributed by atoms with Crippen molar-refractivity contribution in [1.82, 2.24) is 5.06 Å². The van der Waals surface area contributed by atoms with E-state index in [0.717, 1.165) is 5.06 Å². The molecule has 1 rings (SSSR count). The van der Waals surface area contributed by atoms with E-state index in [4.69, 9.17) is 4.84 Å². The van der Waals surface area contributed by atoms with Gasteiger partial charge in [0.15, 0.2) is 0 Å². The molecule has 0 bridgehead atoms. The van der Waals surface area contributed by atoms with Gasteiger partial charge in [-0.2, -0.15) is 0 Å². The Bertz CT molecular complexity index is 231. The molecular weight excluding hydrogens is 170 g/mol. The Morgan fingerprint density at radius 2 is 2.31 bits per heavy atom. The molecule has 0 N–H and O–H groups in total. The average Bonchev–Trinajstić information content (AvgIpc) is 2.36. The Kier molecular flexibility index (Phi) is 3.06. The van der Waals surface area contributed by atoms with Gasteiger partial charge in [-0.05, 0) is 12.8 Å². The number of amides is 1. The maximum Gasteiger partial charge on any atom is 0.333 e. The molecule has 1 aliphatic heterocycles. The zero-order chi connectivity index (χ0) is 9.84. The topological polar surface area (TPSA) is 46.6 Å². The van der Waals surface area contributed by atoms with Crippen LogP contribution in [0.15, 0.2) is 12.3 Å². The molecule has 1 amide bonds. The van der Waals surface area contributed by atoms with Crippen molar-refractivity contribution in [2.75, 3.05) is 0 Å². The number of hydrogen-bond donors (Lipinski definition) is 0. The van der Waals surface area contributed by atoms with Crippen LogP contribution in [0.2, 0.25) is 0 Å². The van der Waals surface area contributed by atoms with Crippen molar-refractivity contribution in [3.05, 3.63) is 12.3 Å². The van der Waals surface area contributed by atoms with Crippen LogP contribution in [0.1, 0.15) is 32.6 Å². The standard InChI is InChI=1S/C9H13NO3/c1-3-4-9(12)13-10-7(2)5-6-8(10)11/h2-6H2,1H3. The minimum Gasteiger partial charge on any atom is -0.334 e. The lowest BCUT2D eigenvalue weighted by Gasteiger charge is -2.15. The Morgan fingerprint density at radius 3 is 2.77 bits per heavy atom. The van der Waals surface area contributed by atoms with Crippen molar-refractivity contribution in [2.45, 2.75) is 32.6 Å². The van der Waals surface area contributed by atoms with Gasteiger partial charge in [0.2, 0.25) is 0 Å². The fourth-order valence-corrected chi connectivity index (χ4v) is 1.10. The minimum atomic E-state index is -0.376. The molecule has 0 unspecified atom stereocenters. The maximum atomic E-state index is 11.1. The number of carbonyl (C=O) groups is 2. The van der Waals surface area contributed by atoms with Crippen LogP contribution in [0.5, 0.6) is 0 Å². The van der Waals surface area contributed by atoms with Crippen molar-refractivity contribution in [3.8, 4) is 0 Å². The number of hydroxylamine groups is 2. The van der Waals surface area contributed by atoms with E-state index in [1.165, 1.54) is 0 Å². The van der Waals surface area contributed by atoms with Gasteiger partial charge in [0, 0.05) is 12.8 Å². The molecule has 1 fully saturated rings. The van der Waals surface area contributed by atoms with E-state index in [1.54, 1.807) is 0 Å². The van der Waals surface area contributed by atoms with Crippen LogP contribution in [0.4, 0.5) is 0 Å². The highest BCUT2D eigenvalue weighted by molar-refractivity contribution is 5.82. The van der Waals surface area contributed by atoms with Gasteiger partial charge in [-0.1, -0.05) is 13.5 Å². The Morgan fingerprint density at radius 1 is 1.62 bits per heavy atom. The molecule has 0 aromatic rings. The van der Waals surface area contributed by atoms with Crippen LogP contribution in [-0.4, -0.2) is 16.9 Å². The molecule has 0 aromatic heterocycles. The highest BCUT2D eigenvalue weighted by atomic mass is 16.7. The Hall–Kier alpha value is -1.32. The van der Waals surface area contributed by atoms with E-state index in [9.17, 15) is 9.59 Å². The molecule has 0 atom stereocenters. The number of nitrogens with zero attached hydrogens (tertiary/aromatic N) is 1. The molecule has 4 heteroatoms. The van der Waals surface area contributed by atoms with Crippen LogP contribution < -0.4 is 0 Å². The minimum absolute atomic E-state index is 0.186. The summed E-state index contributed by atoms with van der Waals surface area (Å²) in [5.41, 5.74) is 0.564. The lowest BCUT2D eigenvalue weighted by atomic mass is 10.3. The van der Waals surface area contributed by atoms with Crippen LogP contribution >= 0.6 is 0 Å². The Labute approximate surface area is 77.1 Å². The molecule has 1 aliphatic rings. The second kappa shape index (κ2) is 4.07. The van der Waals surface area contributed by atoms with Gasteiger partial charge in [-0.15, -0.1) is 5.06 Å². The second-order valence-corrected chi connectivity index (χ2v) is 2.97. The van der Waals surface area contributed by atoms with E-state index in [2.05, 4.69) is 6.58 Å². The first-order valence-electron chi connectivity index (χ1n) is 4.36. The van der Waals surface area contributed by atoms with Crippen LogP contribution in [0, 0.1) is 0 Å². The molecule has 0 radical (unpaired) electrons. The molecule has 13 heavy (non-hydrogen) atoms. The quantitative estimate of drug-likeness (QED) is 0.664. The summed E-state index contributed by atoms with van der Waals surface area (Å²) in [4.78, 5) is 27.0. The van der Waals surface area contributed by atoms with E-state index >= 15 is 0 Å². The van der Waals surface area contributed by atoms with Crippen LogP contribution in [0.3, 0.4) is 0 Å². The molecule has 72 valence electrons. The predicted octanol–water partition coefficient (Wildman–Crippen LogP) is 1.38. The monoisotopic (exact) mass is 183 g/mol. The van der Waals surface area contributed by atoms with Gasteiger partial charge in [-0.25, -0.2) is 4.79 Å². The molecule has 0 spiro atoms. The summed E-state index contributed by atoms with van der Waals surface area (Å²) in [7, 11) is 0. The van der Waals surface area contributed by atoms with Gasteiger partial charge in [-0.3, -0.25) is 4.79 Å². The Balaban J connectivity index is 2.48. The highest BCUT2D eigenvalue weighted by Crippen LogP contribution is 2.20. The summed E-state index contributed by atoms with van der Waals surface area (Å²) < 4.78 is 0. The SMILES string of the molecule is C=C1CCC(=O)N1OC(=O)CCC. The third kappa shape index (κ3) is 2.31. The first-order chi connectivity index (χ1) is 6.15. The van der Waals surface area contributed by atoms with Gasteiger partial charge >= 0.3 is 5.97 Å². The molecule has 0 saturated carbocycles. The van der Waals surface area contributed by atoms with Gasteiger partial charge in [0.25, 0.3) is 5.91 Å². The van der Waals surface area contributed by atoms with Crippen molar-refractivity contribution < 1.29 is 14.4 Å². The number of allylic oxidation sites excluding steroid dienone is 1. The fourth-order valence-electron chi connectivity index (χ4n) is 1.10. The molecular formula is C9H13NO3. The average molecular weight is 183 g/mol. The van der Waals surface area contributed by atoms with E-state index in [0.29, 0.717) is 31.4 Å². The molecule has 0 aromatic carbocycles. The lowest BCUT2D eigenvalue weighted by molar-refractivity contribution is -0.186. The summed E-state index contributed by atoms with van der Waals surface area (Å²) in [6, 6.07) is 0. The summed E-state index contributed by atoms with van der Waals surface area (Å²) in [5.74, 6) is -0.562. The molecule has 0 aliphatic carbocycles. The third-order valence-corrected chi connectivity index (χ3v) is 1.79. The van der Waals surface area contributed by atoms with Crippen LogP contribution in [0.25, 0.3) is 0 Å². The van der Waals surface area contributed by atoms with Gasteiger partial charge < -0.3 is 4.84 Å². The number of hydrogen-bond acceptors (Lipinski definition) is 3. The summed E-state index contributed by atoms with van der Waals surface area (Å²) in [6.07, 6.45) is 2.01. The predicted molar refractivity (Wildman–Crippen MR) is 46.2 cm³/mol. The number of carbonyl (C=O) groups excluding carboxylic acids is 2. The van der Waals surface area contributed by atoms with Crippen molar-refractivity contribution in [1.29, 1.82) is 0 Å². The summed E-state index contributed by atoms with van der Waals surface area (Å²) in [5, 5.41) is 1.01. The largest absolute Gasteiger partial charge is 0.334 e. The van der Waals surface area contributed by atoms with E-state index < -0.39 is 0 Å². The van der Waals surface area contributed by atoms with Crippen molar-refractivity contribution >= 4 is 11.9 Å². The summed E-state index contributed by atoms with van der Waals surface area (Å²) >= 11 is 0. The highest BCUT2D eigenvalue weighted by Gasteiger charge is 2.27. The smallest absolute Gasteiger partial charge is 0.333 e. The van der Waals surface area contributed by atoms with Gasteiger partial charge in [0.1, 0.15) is 0 Å². The number of rotatable bonds is 3. The third-order valence-electron chi connectivity index (χ3n) is 1.79. The lowest BCUT2D eigenvalue weighted by Crippen LogP contribution is -2.26. The fraction of sp³-hybridized carbons (Fsp3) is 0.556. The van der Waals surface area contributed by atoms with Crippen LogP contribution in [-0.2, 0) is 14.4 Å². The molecule has 1 saturated heterocycles. The second-order valence-electron chi connectivity index (χ2n) is 2.97. The van der Waals surface area contributed by atoms with Crippen molar-refractivity contribution in [2.24, 2.45) is 0 Å². The maximum absolute atomic E-state index is 11.1. The first kappa shape index (κ1) is 9.77. The van der Waals surface area contributed by atoms with E-state index in [1.807, 2.05) is 6.92 Å². The normalized spacial score (nSPS) is 16.5. The van der Waals surface area contributed by atoms with E-state index in [-0.39, 0.29) is 11.9 Å². The van der Waals surface area contributed by atoms with Crippen molar-refractivity contribution in [3.63, 3.8) is 0 Å². The zero-order valence-electron chi connectivity index (χ0n) is 7.71. The first-order valence-corrected chi connectivity index (χ1v) is 4.36. The molecule has 4 nitrogen and oxygen atoms in total. The zero-order valence-corrected chi connectivity index (χ0v) is 7.71. The summed E-state index contributed by atoms with van der Waals surface area (Å²) in [6.45, 7) is 5.50.